The van der Waals surface area contributed by atoms with Crippen molar-refractivity contribution in [3.05, 3.63) is 36.2 Å². The van der Waals surface area contributed by atoms with E-state index in [-0.39, 0.29) is 6.04 Å². The maximum absolute atomic E-state index is 5.20. The van der Waals surface area contributed by atoms with Gasteiger partial charge in [-0.1, -0.05) is 35.5 Å². The standard InChI is InChI=1S/C11H11N3O/c1-2-4-8(5-3-1)10-13-11(15-14-10)9-6-7-12-9/h1-5,9,12H,6-7H2/t9-/m1/s1. The second-order valence-corrected chi connectivity index (χ2v) is 3.62. The SMILES string of the molecule is c1ccc(-c2noc([C@H]3CCN3)n2)cc1. The van der Waals surface area contributed by atoms with Gasteiger partial charge in [0.05, 0.1) is 6.04 Å². The minimum atomic E-state index is 0.259. The van der Waals surface area contributed by atoms with Gasteiger partial charge in [0.2, 0.25) is 11.7 Å². The molecule has 4 heteroatoms. The molecule has 0 aliphatic carbocycles. The molecule has 1 atom stereocenters. The van der Waals surface area contributed by atoms with E-state index in [0.29, 0.717) is 11.7 Å². The van der Waals surface area contributed by atoms with Gasteiger partial charge in [-0.3, -0.25) is 0 Å². The maximum Gasteiger partial charge on any atom is 0.244 e. The molecule has 15 heavy (non-hydrogen) atoms. The van der Waals surface area contributed by atoms with Crippen LogP contribution in [0.2, 0.25) is 0 Å². The lowest BCUT2D eigenvalue weighted by Crippen LogP contribution is -2.35. The predicted octanol–water partition coefficient (Wildman–Crippen LogP) is 1.77. The molecule has 4 nitrogen and oxygen atoms in total. The highest BCUT2D eigenvalue weighted by atomic mass is 16.5. The van der Waals surface area contributed by atoms with E-state index in [9.17, 15) is 0 Å². The molecular weight excluding hydrogens is 190 g/mol. The van der Waals surface area contributed by atoms with Crippen molar-refractivity contribution in [2.75, 3.05) is 6.54 Å². The first-order valence-corrected chi connectivity index (χ1v) is 5.06. The van der Waals surface area contributed by atoms with E-state index >= 15 is 0 Å². The van der Waals surface area contributed by atoms with Crippen LogP contribution in [-0.4, -0.2) is 16.7 Å². The van der Waals surface area contributed by atoms with Crippen LogP contribution in [0.5, 0.6) is 0 Å². The Morgan fingerprint density at radius 2 is 2.07 bits per heavy atom. The molecule has 2 heterocycles. The minimum Gasteiger partial charge on any atom is -0.337 e. The van der Waals surface area contributed by atoms with Crippen molar-refractivity contribution in [2.24, 2.45) is 0 Å². The lowest BCUT2D eigenvalue weighted by atomic mass is 10.1. The zero-order valence-electron chi connectivity index (χ0n) is 8.18. The molecule has 1 aromatic carbocycles. The van der Waals surface area contributed by atoms with Crippen molar-refractivity contribution in [3.8, 4) is 11.4 Å². The van der Waals surface area contributed by atoms with E-state index in [2.05, 4.69) is 15.5 Å². The molecule has 3 rings (SSSR count). The fraction of sp³-hybridized carbons (Fsp3) is 0.273. The Kier molecular flexibility index (Phi) is 1.99. The topological polar surface area (TPSA) is 51.0 Å². The number of hydrogen-bond acceptors (Lipinski definition) is 4. The van der Waals surface area contributed by atoms with Gasteiger partial charge >= 0.3 is 0 Å². The highest BCUT2D eigenvalue weighted by Crippen LogP contribution is 2.23. The summed E-state index contributed by atoms with van der Waals surface area (Å²) in [5.41, 5.74) is 0.992. The molecule has 1 aliphatic heterocycles. The van der Waals surface area contributed by atoms with Gasteiger partial charge in [-0.05, 0) is 13.0 Å². The molecule has 1 saturated heterocycles. The molecule has 1 fully saturated rings. The van der Waals surface area contributed by atoms with Gasteiger partial charge in [-0.15, -0.1) is 0 Å². The average Bonchev–Trinajstić information content (AvgIpc) is 2.66. The fourth-order valence-electron chi connectivity index (χ4n) is 1.58. The van der Waals surface area contributed by atoms with E-state index in [1.807, 2.05) is 30.3 Å². The second kappa shape index (κ2) is 3.47. The molecule has 0 saturated carbocycles. The van der Waals surface area contributed by atoms with E-state index in [0.717, 1.165) is 18.5 Å². The normalized spacial score (nSPS) is 19.9. The van der Waals surface area contributed by atoms with Gasteiger partial charge in [0, 0.05) is 5.56 Å². The molecule has 1 N–H and O–H groups in total. The van der Waals surface area contributed by atoms with Crippen molar-refractivity contribution in [2.45, 2.75) is 12.5 Å². The molecule has 0 radical (unpaired) electrons. The molecule has 0 spiro atoms. The first kappa shape index (κ1) is 8.61. The number of benzene rings is 1. The van der Waals surface area contributed by atoms with Crippen LogP contribution in [0.25, 0.3) is 11.4 Å². The molecule has 76 valence electrons. The molecular formula is C11H11N3O. The van der Waals surface area contributed by atoms with Crippen LogP contribution >= 0.6 is 0 Å². The zero-order chi connectivity index (χ0) is 10.1. The number of rotatable bonds is 2. The summed E-state index contributed by atoms with van der Waals surface area (Å²) in [5, 5.41) is 7.19. The molecule has 0 bridgehead atoms. The smallest absolute Gasteiger partial charge is 0.244 e. The second-order valence-electron chi connectivity index (χ2n) is 3.62. The molecule has 0 amide bonds. The molecule has 1 aromatic heterocycles. The van der Waals surface area contributed by atoms with Crippen LogP contribution in [0.1, 0.15) is 18.4 Å². The average molecular weight is 201 g/mol. The first-order valence-electron chi connectivity index (χ1n) is 5.06. The van der Waals surface area contributed by atoms with Gasteiger partial charge in [-0.25, -0.2) is 0 Å². The van der Waals surface area contributed by atoms with Crippen LogP contribution in [0, 0.1) is 0 Å². The lowest BCUT2D eigenvalue weighted by Gasteiger charge is -2.23. The summed E-state index contributed by atoms with van der Waals surface area (Å²) >= 11 is 0. The van der Waals surface area contributed by atoms with E-state index < -0.39 is 0 Å². The summed E-state index contributed by atoms with van der Waals surface area (Å²) in [6.07, 6.45) is 1.08. The quantitative estimate of drug-likeness (QED) is 0.804. The van der Waals surface area contributed by atoms with Crippen molar-refractivity contribution in [1.29, 1.82) is 0 Å². The van der Waals surface area contributed by atoms with Gasteiger partial charge in [-0.2, -0.15) is 4.98 Å². The van der Waals surface area contributed by atoms with Gasteiger partial charge in [0.25, 0.3) is 0 Å². The van der Waals surface area contributed by atoms with Crippen molar-refractivity contribution < 1.29 is 4.52 Å². The summed E-state index contributed by atoms with van der Waals surface area (Å²) in [5.74, 6) is 1.36. The summed E-state index contributed by atoms with van der Waals surface area (Å²) in [4.78, 5) is 4.36. The first-order chi connectivity index (χ1) is 7.43. The highest BCUT2D eigenvalue weighted by molar-refractivity contribution is 5.53. The van der Waals surface area contributed by atoms with Crippen LogP contribution in [-0.2, 0) is 0 Å². The number of hydrogen-bond donors (Lipinski definition) is 1. The van der Waals surface area contributed by atoms with Crippen LogP contribution in [0.4, 0.5) is 0 Å². The van der Waals surface area contributed by atoms with Gasteiger partial charge in [0.15, 0.2) is 0 Å². The Morgan fingerprint density at radius 1 is 1.27 bits per heavy atom. The monoisotopic (exact) mass is 201 g/mol. The third kappa shape index (κ3) is 1.53. The Hall–Kier alpha value is -1.68. The number of aromatic nitrogens is 2. The number of nitrogens with one attached hydrogen (secondary N) is 1. The Morgan fingerprint density at radius 3 is 2.73 bits per heavy atom. The Bertz CT molecular complexity index is 448. The zero-order valence-corrected chi connectivity index (χ0v) is 8.18. The van der Waals surface area contributed by atoms with E-state index in [4.69, 9.17) is 4.52 Å². The van der Waals surface area contributed by atoms with Gasteiger partial charge < -0.3 is 9.84 Å². The highest BCUT2D eigenvalue weighted by Gasteiger charge is 2.24. The largest absolute Gasteiger partial charge is 0.337 e. The maximum atomic E-state index is 5.20. The third-order valence-electron chi connectivity index (χ3n) is 2.60. The third-order valence-corrected chi connectivity index (χ3v) is 2.60. The van der Waals surface area contributed by atoms with Crippen molar-refractivity contribution >= 4 is 0 Å². The fourth-order valence-corrected chi connectivity index (χ4v) is 1.58. The summed E-state index contributed by atoms with van der Waals surface area (Å²) in [6, 6.07) is 10.1. The van der Waals surface area contributed by atoms with Crippen LogP contribution in [0.3, 0.4) is 0 Å². The Balaban J connectivity index is 1.90. The Labute approximate surface area is 87.3 Å². The summed E-state index contributed by atoms with van der Waals surface area (Å²) in [6.45, 7) is 1.04. The summed E-state index contributed by atoms with van der Waals surface area (Å²) < 4.78 is 5.20. The lowest BCUT2D eigenvalue weighted by molar-refractivity contribution is 0.273. The molecule has 0 unspecified atom stereocenters. The van der Waals surface area contributed by atoms with E-state index in [1.165, 1.54) is 0 Å². The van der Waals surface area contributed by atoms with Gasteiger partial charge in [0.1, 0.15) is 0 Å². The van der Waals surface area contributed by atoms with Crippen molar-refractivity contribution in [3.63, 3.8) is 0 Å². The predicted molar refractivity (Wildman–Crippen MR) is 55.1 cm³/mol. The van der Waals surface area contributed by atoms with E-state index in [1.54, 1.807) is 0 Å². The molecule has 2 aromatic rings. The number of nitrogens with zero attached hydrogens (tertiary/aromatic N) is 2. The van der Waals surface area contributed by atoms with Crippen LogP contribution in [0.15, 0.2) is 34.9 Å². The van der Waals surface area contributed by atoms with Crippen LogP contribution < -0.4 is 5.32 Å². The summed E-state index contributed by atoms with van der Waals surface area (Å²) in [7, 11) is 0. The molecule has 1 aliphatic rings. The minimum absolute atomic E-state index is 0.259. The van der Waals surface area contributed by atoms with Crippen molar-refractivity contribution in [1.82, 2.24) is 15.5 Å².